The standard InChI is InChI=1S/C24H25ClN4O2/c1-17-9-10-20(14-21(17)25)29-23(30)12-11-22(27-29)28-13-5-8-19(16-28)24(31)26-15-18-6-3-2-4-7-18/h2-4,6-7,9-12,14,19H,5,8,13,15-16H2,1H3,(H,26,31)/t19-/m1/s1. The van der Waals surface area contributed by atoms with Crippen molar-refractivity contribution in [3.8, 4) is 5.69 Å². The molecule has 1 saturated heterocycles. The molecule has 1 N–H and O–H groups in total. The first-order valence-corrected chi connectivity index (χ1v) is 10.8. The van der Waals surface area contributed by atoms with Crippen LogP contribution in [0.25, 0.3) is 5.69 Å². The number of rotatable bonds is 5. The topological polar surface area (TPSA) is 67.2 Å². The Morgan fingerprint density at radius 3 is 2.74 bits per heavy atom. The summed E-state index contributed by atoms with van der Waals surface area (Å²) >= 11 is 6.23. The lowest BCUT2D eigenvalue weighted by Gasteiger charge is -2.33. The minimum Gasteiger partial charge on any atom is -0.354 e. The highest BCUT2D eigenvalue weighted by Gasteiger charge is 2.26. The van der Waals surface area contributed by atoms with Gasteiger partial charge in [0.1, 0.15) is 5.82 Å². The van der Waals surface area contributed by atoms with Gasteiger partial charge < -0.3 is 10.2 Å². The summed E-state index contributed by atoms with van der Waals surface area (Å²) in [6.45, 7) is 3.80. The number of hydrogen-bond acceptors (Lipinski definition) is 4. The Bertz CT molecular complexity index is 1130. The van der Waals surface area contributed by atoms with Crippen molar-refractivity contribution in [1.29, 1.82) is 0 Å². The van der Waals surface area contributed by atoms with E-state index in [4.69, 9.17) is 11.6 Å². The number of aryl methyl sites for hydroxylation is 1. The Morgan fingerprint density at radius 1 is 1.16 bits per heavy atom. The predicted octanol–water partition coefficient (Wildman–Crippen LogP) is 3.73. The molecule has 160 valence electrons. The molecule has 7 heteroatoms. The number of hydrogen-bond donors (Lipinski definition) is 1. The molecule has 1 fully saturated rings. The van der Waals surface area contributed by atoms with Crippen LogP contribution in [0.3, 0.4) is 0 Å². The third kappa shape index (κ3) is 4.97. The number of carbonyl (C=O) groups is 1. The number of piperidine rings is 1. The summed E-state index contributed by atoms with van der Waals surface area (Å²) in [7, 11) is 0. The van der Waals surface area contributed by atoms with Gasteiger partial charge in [0.05, 0.1) is 11.6 Å². The van der Waals surface area contributed by atoms with Crippen LogP contribution in [0.2, 0.25) is 5.02 Å². The van der Waals surface area contributed by atoms with Crippen LogP contribution in [0.5, 0.6) is 0 Å². The molecule has 1 aliphatic heterocycles. The van der Waals surface area contributed by atoms with E-state index >= 15 is 0 Å². The molecule has 0 aliphatic carbocycles. The highest BCUT2D eigenvalue weighted by atomic mass is 35.5. The molecule has 0 saturated carbocycles. The molecule has 3 aromatic rings. The van der Waals surface area contributed by atoms with Gasteiger partial charge in [-0.15, -0.1) is 5.10 Å². The van der Waals surface area contributed by atoms with Gasteiger partial charge in [0.15, 0.2) is 0 Å². The number of nitrogens with zero attached hydrogens (tertiary/aromatic N) is 3. The second-order valence-corrected chi connectivity index (χ2v) is 8.27. The van der Waals surface area contributed by atoms with Crippen molar-refractivity contribution in [3.05, 3.63) is 87.2 Å². The molecule has 1 atom stereocenters. The molecule has 31 heavy (non-hydrogen) atoms. The van der Waals surface area contributed by atoms with Crippen molar-refractivity contribution in [2.75, 3.05) is 18.0 Å². The quantitative estimate of drug-likeness (QED) is 0.661. The Kier molecular flexibility index (Phi) is 6.37. The first-order valence-electron chi connectivity index (χ1n) is 10.4. The first-order chi connectivity index (χ1) is 15.0. The minimum atomic E-state index is -0.224. The van der Waals surface area contributed by atoms with E-state index in [2.05, 4.69) is 15.3 Å². The van der Waals surface area contributed by atoms with Crippen LogP contribution < -0.4 is 15.8 Å². The first kappa shape index (κ1) is 21.1. The van der Waals surface area contributed by atoms with Crippen molar-refractivity contribution in [2.45, 2.75) is 26.3 Å². The maximum absolute atomic E-state index is 12.7. The van der Waals surface area contributed by atoms with E-state index in [0.717, 1.165) is 30.5 Å². The highest BCUT2D eigenvalue weighted by Crippen LogP contribution is 2.23. The molecule has 1 aliphatic rings. The number of anilines is 1. The minimum absolute atomic E-state index is 0.0483. The molecule has 0 radical (unpaired) electrons. The van der Waals surface area contributed by atoms with Gasteiger partial charge in [0.25, 0.3) is 5.56 Å². The van der Waals surface area contributed by atoms with Crippen LogP contribution in [0.15, 0.2) is 65.5 Å². The largest absolute Gasteiger partial charge is 0.354 e. The molecule has 0 bridgehead atoms. The zero-order chi connectivity index (χ0) is 21.8. The number of nitrogens with one attached hydrogen (secondary N) is 1. The van der Waals surface area contributed by atoms with Crippen LogP contribution in [0, 0.1) is 12.8 Å². The molecular formula is C24H25ClN4O2. The van der Waals surface area contributed by atoms with E-state index in [1.165, 1.54) is 10.7 Å². The third-order valence-corrected chi connectivity index (χ3v) is 6.02. The fourth-order valence-corrected chi connectivity index (χ4v) is 3.97. The van der Waals surface area contributed by atoms with Crippen LogP contribution in [0.4, 0.5) is 5.82 Å². The van der Waals surface area contributed by atoms with Crippen LogP contribution in [-0.2, 0) is 11.3 Å². The molecule has 2 aromatic carbocycles. The fraction of sp³-hybridized carbons (Fsp3) is 0.292. The van der Waals surface area contributed by atoms with Gasteiger partial charge in [-0.25, -0.2) is 0 Å². The number of amides is 1. The van der Waals surface area contributed by atoms with E-state index in [1.54, 1.807) is 12.1 Å². The number of aromatic nitrogens is 2. The van der Waals surface area contributed by atoms with Crippen molar-refractivity contribution < 1.29 is 4.79 Å². The Labute approximate surface area is 186 Å². The maximum Gasteiger partial charge on any atom is 0.271 e. The van der Waals surface area contributed by atoms with Gasteiger partial charge in [0.2, 0.25) is 5.91 Å². The summed E-state index contributed by atoms with van der Waals surface area (Å²) in [5.41, 5.74) is 2.42. The van der Waals surface area contributed by atoms with Gasteiger partial charge in [0, 0.05) is 30.7 Å². The lowest BCUT2D eigenvalue weighted by Crippen LogP contribution is -2.43. The van der Waals surface area contributed by atoms with Gasteiger partial charge in [-0.2, -0.15) is 4.68 Å². The van der Waals surface area contributed by atoms with Crippen molar-refractivity contribution >= 4 is 23.3 Å². The summed E-state index contributed by atoms with van der Waals surface area (Å²) in [5.74, 6) is 0.609. The lowest BCUT2D eigenvalue weighted by atomic mass is 9.97. The van der Waals surface area contributed by atoms with E-state index < -0.39 is 0 Å². The third-order valence-electron chi connectivity index (χ3n) is 5.61. The zero-order valence-electron chi connectivity index (χ0n) is 17.4. The molecule has 2 heterocycles. The van der Waals surface area contributed by atoms with Crippen molar-refractivity contribution in [3.63, 3.8) is 0 Å². The second kappa shape index (κ2) is 9.35. The predicted molar refractivity (Wildman–Crippen MR) is 123 cm³/mol. The van der Waals surface area contributed by atoms with Crippen molar-refractivity contribution in [1.82, 2.24) is 15.1 Å². The van der Waals surface area contributed by atoms with Gasteiger partial charge in [-0.3, -0.25) is 9.59 Å². The Morgan fingerprint density at radius 2 is 1.97 bits per heavy atom. The number of benzene rings is 2. The Hall–Kier alpha value is -3.12. The number of carbonyl (C=O) groups excluding carboxylic acids is 1. The molecule has 4 rings (SSSR count). The van der Waals surface area contributed by atoms with Crippen LogP contribution >= 0.6 is 11.6 Å². The van der Waals surface area contributed by atoms with Gasteiger partial charge in [-0.1, -0.05) is 48.0 Å². The van der Waals surface area contributed by atoms with Crippen LogP contribution in [-0.4, -0.2) is 28.8 Å². The highest BCUT2D eigenvalue weighted by molar-refractivity contribution is 6.31. The Balaban J connectivity index is 1.48. The smallest absolute Gasteiger partial charge is 0.271 e. The van der Waals surface area contributed by atoms with Crippen molar-refractivity contribution in [2.24, 2.45) is 5.92 Å². The molecule has 0 unspecified atom stereocenters. The summed E-state index contributed by atoms with van der Waals surface area (Å²) in [6, 6.07) is 18.6. The van der Waals surface area contributed by atoms with E-state index in [-0.39, 0.29) is 17.4 Å². The molecule has 0 spiro atoms. The second-order valence-electron chi connectivity index (χ2n) is 7.86. The fourth-order valence-electron chi connectivity index (χ4n) is 3.80. The average molecular weight is 437 g/mol. The van der Waals surface area contributed by atoms with E-state index in [9.17, 15) is 9.59 Å². The lowest BCUT2D eigenvalue weighted by molar-refractivity contribution is -0.125. The zero-order valence-corrected chi connectivity index (χ0v) is 18.2. The summed E-state index contributed by atoms with van der Waals surface area (Å²) in [5, 5.41) is 8.19. The van der Waals surface area contributed by atoms with Crippen LogP contribution in [0.1, 0.15) is 24.0 Å². The van der Waals surface area contributed by atoms with Gasteiger partial charge in [-0.05, 0) is 49.1 Å². The monoisotopic (exact) mass is 436 g/mol. The molecule has 1 amide bonds. The normalized spacial score (nSPS) is 16.2. The molecule has 6 nitrogen and oxygen atoms in total. The van der Waals surface area contributed by atoms with E-state index in [1.807, 2.05) is 49.4 Å². The average Bonchev–Trinajstić information content (AvgIpc) is 2.80. The summed E-state index contributed by atoms with van der Waals surface area (Å²) < 4.78 is 1.36. The van der Waals surface area contributed by atoms with Gasteiger partial charge >= 0.3 is 0 Å². The number of halogens is 1. The summed E-state index contributed by atoms with van der Waals surface area (Å²) in [4.78, 5) is 27.2. The molecular weight excluding hydrogens is 412 g/mol. The summed E-state index contributed by atoms with van der Waals surface area (Å²) in [6.07, 6.45) is 1.73. The maximum atomic E-state index is 12.7. The molecule has 1 aromatic heterocycles. The van der Waals surface area contributed by atoms with E-state index in [0.29, 0.717) is 29.6 Å². The SMILES string of the molecule is Cc1ccc(-n2nc(N3CCC[C@@H](C(=O)NCc4ccccc4)C3)ccc2=O)cc1Cl.